The number of ether oxygens (including phenoxy) is 1. The van der Waals surface area contributed by atoms with E-state index >= 15 is 0 Å². The number of hydrogen-bond donors (Lipinski definition) is 1. The highest BCUT2D eigenvalue weighted by Crippen LogP contribution is 2.38. The van der Waals surface area contributed by atoms with Crippen LogP contribution in [0.4, 0.5) is 10.7 Å². The molecule has 0 unspecified atom stereocenters. The number of thiophene rings is 1. The molecule has 2 heterocycles. The molecule has 0 saturated carbocycles. The van der Waals surface area contributed by atoms with Crippen molar-refractivity contribution in [2.75, 3.05) is 43.0 Å². The number of carbonyl (C=O) groups is 1. The minimum absolute atomic E-state index is 0.230. The zero-order valence-electron chi connectivity index (χ0n) is 18.6. The Morgan fingerprint density at radius 2 is 1.90 bits per heavy atom. The molecule has 7 heteroatoms. The number of anilines is 2. The van der Waals surface area contributed by atoms with Crippen molar-refractivity contribution in [1.82, 2.24) is 4.90 Å². The third-order valence-electron chi connectivity index (χ3n) is 6.35. The second-order valence-corrected chi connectivity index (χ2v) is 9.75. The first-order valence-electron chi connectivity index (χ1n) is 11.2. The highest BCUT2D eigenvalue weighted by Gasteiger charge is 2.28. The first kappa shape index (κ1) is 22.1. The molecule has 1 N–H and O–H groups in total. The van der Waals surface area contributed by atoms with Gasteiger partial charge in [0.2, 0.25) is 0 Å². The first-order valence-corrected chi connectivity index (χ1v) is 12.4. The van der Waals surface area contributed by atoms with Gasteiger partial charge < -0.3 is 19.9 Å². The largest absolute Gasteiger partial charge is 0.462 e. The van der Waals surface area contributed by atoms with E-state index in [1.165, 1.54) is 33.7 Å². The van der Waals surface area contributed by atoms with E-state index in [4.69, 9.17) is 17.0 Å². The maximum Gasteiger partial charge on any atom is 0.341 e. The summed E-state index contributed by atoms with van der Waals surface area (Å²) in [4.78, 5) is 18.7. The van der Waals surface area contributed by atoms with Gasteiger partial charge in [0.25, 0.3) is 0 Å². The quantitative estimate of drug-likeness (QED) is 0.518. The molecule has 31 heavy (non-hydrogen) atoms. The van der Waals surface area contributed by atoms with Gasteiger partial charge in [-0.2, -0.15) is 0 Å². The fourth-order valence-electron chi connectivity index (χ4n) is 4.48. The molecule has 0 radical (unpaired) electrons. The highest BCUT2D eigenvalue weighted by molar-refractivity contribution is 7.80. The molecule has 166 valence electrons. The normalized spacial score (nSPS) is 16.1. The highest BCUT2D eigenvalue weighted by atomic mass is 32.1. The summed E-state index contributed by atoms with van der Waals surface area (Å²) in [7, 11) is 0. The molecule has 1 aliphatic carbocycles. The molecule has 2 aliphatic rings. The van der Waals surface area contributed by atoms with Crippen LogP contribution >= 0.6 is 23.6 Å². The summed E-state index contributed by atoms with van der Waals surface area (Å²) >= 11 is 7.43. The molecule has 2 aromatic rings. The molecule has 0 atom stereocenters. The molecule has 4 rings (SSSR count). The fraction of sp³-hybridized carbons (Fsp3) is 0.500. The smallest absolute Gasteiger partial charge is 0.341 e. The standard InChI is InChI=1S/C24H31N3O2S2/c1-4-29-23(28)21-18-9-5-6-11-20(18)31-22(21)25-24(30)27-14-12-26(13-15-27)19-10-7-8-16(2)17(19)3/h7-8,10H,4-6,9,11-15H2,1-3H3,(H,25,30). The minimum atomic E-state index is -0.230. The Balaban J connectivity index is 1.45. The lowest BCUT2D eigenvalue weighted by atomic mass is 9.95. The molecule has 1 saturated heterocycles. The monoisotopic (exact) mass is 457 g/mol. The minimum Gasteiger partial charge on any atom is -0.462 e. The van der Waals surface area contributed by atoms with E-state index in [-0.39, 0.29) is 5.97 Å². The number of aryl methyl sites for hydroxylation is 2. The van der Waals surface area contributed by atoms with Gasteiger partial charge in [0.1, 0.15) is 5.00 Å². The van der Waals surface area contributed by atoms with Crippen molar-refractivity contribution in [2.45, 2.75) is 46.5 Å². The number of esters is 1. The predicted molar refractivity (Wildman–Crippen MR) is 133 cm³/mol. The average Bonchev–Trinajstić information content (AvgIpc) is 3.14. The Kier molecular flexibility index (Phi) is 6.82. The molecular weight excluding hydrogens is 426 g/mol. The summed E-state index contributed by atoms with van der Waals surface area (Å²) in [5, 5.41) is 4.96. The van der Waals surface area contributed by atoms with Crippen LogP contribution in [0, 0.1) is 13.8 Å². The SMILES string of the molecule is CCOC(=O)c1c(NC(=S)N2CCN(c3cccc(C)c3C)CC2)sc2c1CCCC2. The van der Waals surface area contributed by atoms with Gasteiger partial charge in [-0.25, -0.2) is 4.79 Å². The summed E-state index contributed by atoms with van der Waals surface area (Å²) in [5.41, 5.74) is 5.86. The number of thiocarbonyl (C=S) groups is 1. The van der Waals surface area contributed by atoms with Gasteiger partial charge in [-0.05, 0) is 81.4 Å². The lowest BCUT2D eigenvalue weighted by molar-refractivity contribution is 0.0526. The van der Waals surface area contributed by atoms with Crippen LogP contribution in [0.2, 0.25) is 0 Å². The molecule has 1 fully saturated rings. The fourth-order valence-corrected chi connectivity index (χ4v) is 6.10. The van der Waals surface area contributed by atoms with Gasteiger partial charge >= 0.3 is 5.97 Å². The third-order valence-corrected chi connectivity index (χ3v) is 7.92. The lowest BCUT2D eigenvalue weighted by Gasteiger charge is -2.38. The summed E-state index contributed by atoms with van der Waals surface area (Å²) in [6.07, 6.45) is 4.29. The van der Waals surface area contributed by atoms with Gasteiger partial charge in [-0.15, -0.1) is 11.3 Å². The molecule has 0 amide bonds. The van der Waals surface area contributed by atoms with Gasteiger partial charge in [0, 0.05) is 36.7 Å². The molecule has 1 aliphatic heterocycles. The topological polar surface area (TPSA) is 44.8 Å². The number of nitrogens with one attached hydrogen (secondary N) is 1. The van der Waals surface area contributed by atoms with E-state index in [1.54, 1.807) is 11.3 Å². The van der Waals surface area contributed by atoms with Crippen molar-refractivity contribution < 1.29 is 9.53 Å². The molecule has 1 aromatic heterocycles. The second-order valence-electron chi connectivity index (χ2n) is 8.26. The summed E-state index contributed by atoms with van der Waals surface area (Å²) in [6, 6.07) is 6.50. The van der Waals surface area contributed by atoms with Crippen molar-refractivity contribution in [3.8, 4) is 0 Å². The summed E-state index contributed by atoms with van der Waals surface area (Å²) in [5.74, 6) is -0.230. The van der Waals surface area contributed by atoms with Crippen LogP contribution < -0.4 is 10.2 Å². The zero-order chi connectivity index (χ0) is 22.0. The predicted octanol–water partition coefficient (Wildman–Crippen LogP) is 4.94. The van der Waals surface area contributed by atoms with E-state index in [0.29, 0.717) is 17.3 Å². The maximum absolute atomic E-state index is 12.7. The van der Waals surface area contributed by atoms with Gasteiger partial charge in [-0.3, -0.25) is 0 Å². The van der Waals surface area contributed by atoms with Crippen molar-refractivity contribution in [3.05, 3.63) is 45.3 Å². The Morgan fingerprint density at radius 1 is 1.16 bits per heavy atom. The number of benzene rings is 1. The Morgan fingerprint density at radius 3 is 2.65 bits per heavy atom. The number of piperazine rings is 1. The van der Waals surface area contributed by atoms with E-state index in [1.807, 2.05) is 6.92 Å². The van der Waals surface area contributed by atoms with Gasteiger partial charge in [0.05, 0.1) is 12.2 Å². The number of nitrogens with zero attached hydrogens (tertiary/aromatic N) is 2. The second kappa shape index (κ2) is 9.57. The van der Waals surface area contributed by atoms with Gasteiger partial charge in [0.15, 0.2) is 5.11 Å². The zero-order valence-corrected chi connectivity index (χ0v) is 20.3. The van der Waals surface area contributed by atoms with Crippen molar-refractivity contribution >= 4 is 45.3 Å². The molecular formula is C24H31N3O2S2. The van der Waals surface area contributed by atoms with E-state index in [0.717, 1.165) is 50.4 Å². The van der Waals surface area contributed by atoms with Crippen LogP contribution in [0.5, 0.6) is 0 Å². The molecule has 0 spiro atoms. The first-order chi connectivity index (χ1) is 15.0. The summed E-state index contributed by atoms with van der Waals surface area (Å²) in [6.45, 7) is 10.2. The number of rotatable bonds is 4. The van der Waals surface area contributed by atoms with Crippen LogP contribution in [0.15, 0.2) is 18.2 Å². The van der Waals surface area contributed by atoms with Crippen molar-refractivity contribution in [3.63, 3.8) is 0 Å². The van der Waals surface area contributed by atoms with Crippen LogP contribution in [0.25, 0.3) is 0 Å². The van der Waals surface area contributed by atoms with Crippen LogP contribution in [0.3, 0.4) is 0 Å². The average molecular weight is 458 g/mol. The van der Waals surface area contributed by atoms with Crippen molar-refractivity contribution in [2.24, 2.45) is 0 Å². The van der Waals surface area contributed by atoms with E-state index in [9.17, 15) is 4.79 Å². The Hall–Kier alpha value is -2.12. The number of fused-ring (bicyclic) bond motifs is 1. The lowest BCUT2D eigenvalue weighted by Crippen LogP contribution is -2.50. The molecule has 1 aromatic carbocycles. The number of carbonyl (C=O) groups excluding carboxylic acids is 1. The van der Waals surface area contributed by atoms with Crippen LogP contribution in [0.1, 0.15) is 51.7 Å². The Labute approximate surface area is 194 Å². The molecule has 0 bridgehead atoms. The van der Waals surface area contributed by atoms with E-state index < -0.39 is 0 Å². The van der Waals surface area contributed by atoms with Crippen LogP contribution in [-0.4, -0.2) is 48.8 Å². The van der Waals surface area contributed by atoms with E-state index in [2.05, 4.69) is 47.2 Å². The summed E-state index contributed by atoms with van der Waals surface area (Å²) < 4.78 is 5.37. The van der Waals surface area contributed by atoms with Gasteiger partial charge in [-0.1, -0.05) is 12.1 Å². The Bertz CT molecular complexity index is 977. The van der Waals surface area contributed by atoms with Crippen LogP contribution in [-0.2, 0) is 17.6 Å². The number of hydrogen-bond acceptors (Lipinski definition) is 5. The third kappa shape index (κ3) is 4.58. The van der Waals surface area contributed by atoms with Crippen molar-refractivity contribution in [1.29, 1.82) is 0 Å². The molecule has 5 nitrogen and oxygen atoms in total. The maximum atomic E-state index is 12.7.